The van der Waals surface area contributed by atoms with Crippen molar-refractivity contribution < 1.29 is 9.84 Å². The first kappa shape index (κ1) is 11.4. The van der Waals surface area contributed by atoms with E-state index in [1.807, 2.05) is 25.1 Å². The highest BCUT2D eigenvalue weighted by Crippen LogP contribution is 2.31. The third kappa shape index (κ3) is 2.54. The normalized spacial score (nSPS) is 21.8. The number of fused-ring (bicyclic) bond motifs is 1. The predicted molar refractivity (Wildman–Crippen MR) is 63.6 cm³/mol. The molecular weight excluding hydrogens is 202 g/mol. The lowest BCUT2D eigenvalue weighted by atomic mass is 10.0. The summed E-state index contributed by atoms with van der Waals surface area (Å²) in [5.74, 6) is 0.975. The number of hydrogen-bond donors (Lipinski definition) is 2. The van der Waals surface area contributed by atoms with E-state index in [4.69, 9.17) is 9.84 Å². The molecule has 16 heavy (non-hydrogen) atoms. The van der Waals surface area contributed by atoms with Crippen LogP contribution in [-0.2, 0) is 0 Å². The minimum absolute atomic E-state index is 0.121. The van der Waals surface area contributed by atoms with Crippen molar-refractivity contribution in [2.24, 2.45) is 0 Å². The molecule has 2 N–H and O–H groups in total. The van der Waals surface area contributed by atoms with Gasteiger partial charge in [0.2, 0.25) is 0 Å². The maximum absolute atomic E-state index is 9.09. The summed E-state index contributed by atoms with van der Waals surface area (Å²) in [5.41, 5.74) is 1.21. The number of para-hydroxylation sites is 1. The van der Waals surface area contributed by atoms with Gasteiger partial charge in [0.25, 0.3) is 0 Å². The van der Waals surface area contributed by atoms with E-state index in [0.717, 1.165) is 25.2 Å². The Balaban J connectivity index is 2.19. The maximum Gasteiger partial charge on any atom is 0.124 e. The molecule has 1 aromatic carbocycles. The second kappa shape index (κ2) is 5.32. The molecule has 2 unspecified atom stereocenters. The Morgan fingerprint density at radius 2 is 2.31 bits per heavy atom. The minimum Gasteiger partial charge on any atom is -0.493 e. The number of aliphatic hydroxyl groups excluding tert-OH is 1. The first-order chi connectivity index (χ1) is 7.81. The van der Waals surface area contributed by atoms with Gasteiger partial charge >= 0.3 is 0 Å². The first-order valence-corrected chi connectivity index (χ1v) is 5.90. The fourth-order valence-corrected chi connectivity index (χ4v) is 2.09. The molecule has 0 aliphatic carbocycles. The lowest BCUT2D eigenvalue weighted by Gasteiger charge is -2.21. The van der Waals surface area contributed by atoms with E-state index in [2.05, 4.69) is 11.4 Å². The highest BCUT2D eigenvalue weighted by atomic mass is 16.5. The molecule has 0 radical (unpaired) electrons. The van der Waals surface area contributed by atoms with Crippen molar-refractivity contribution in [2.45, 2.75) is 31.8 Å². The lowest BCUT2D eigenvalue weighted by molar-refractivity contribution is 0.238. The fraction of sp³-hybridized carbons (Fsp3) is 0.538. The summed E-state index contributed by atoms with van der Waals surface area (Å²) in [6.07, 6.45) is 2.10. The van der Waals surface area contributed by atoms with Crippen LogP contribution in [0.15, 0.2) is 24.3 Å². The number of aliphatic hydroxyl groups is 1. The third-order valence-corrected chi connectivity index (χ3v) is 2.95. The van der Waals surface area contributed by atoms with E-state index in [-0.39, 0.29) is 12.6 Å². The number of hydrogen-bond acceptors (Lipinski definition) is 3. The van der Waals surface area contributed by atoms with Gasteiger partial charge in [0.05, 0.1) is 13.2 Å². The van der Waals surface area contributed by atoms with Crippen molar-refractivity contribution in [1.82, 2.24) is 5.32 Å². The van der Waals surface area contributed by atoms with Gasteiger partial charge in [-0.05, 0) is 25.8 Å². The third-order valence-electron chi connectivity index (χ3n) is 2.95. The summed E-state index contributed by atoms with van der Waals surface area (Å²) in [7, 11) is 0. The van der Waals surface area contributed by atoms with Crippen LogP contribution < -0.4 is 10.1 Å². The van der Waals surface area contributed by atoms with Crippen LogP contribution in [0, 0.1) is 0 Å². The molecule has 0 amide bonds. The Kier molecular flexibility index (Phi) is 3.80. The second-order valence-corrected chi connectivity index (χ2v) is 4.33. The van der Waals surface area contributed by atoms with Crippen LogP contribution in [0.3, 0.4) is 0 Å². The van der Waals surface area contributed by atoms with Crippen LogP contribution in [0.4, 0.5) is 0 Å². The summed E-state index contributed by atoms with van der Waals surface area (Å²) in [6.45, 7) is 2.94. The number of rotatable bonds is 3. The molecule has 3 nitrogen and oxygen atoms in total. The average molecular weight is 221 g/mol. The molecule has 0 saturated carbocycles. The standard InChI is InChI=1S/C13H19NO2/c1-10(9-15)14-12-6-4-8-16-13-7-3-2-5-11(12)13/h2-3,5,7,10,12,14-15H,4,6,8-9H2,1H3. The molecule has 0 bridgehead atoms. The molecule has 1 aromatic rings. The SMILES string of the molecule is CC(CO)NC1CCCOc2ccccc21. The van der Waals surface area contributed by atoms with Crippen molar-refractivity contribution in [3.63, 3.8) is 0 Å². The monoisotopic (exact) mass is 221 g/mol. The first-order valence-electron chi connectivity index (χ1n) is 5.90. The Morgan fingerprint density at radius 3 is 3.12 bits per heavy atom. The van der Waals surface area contributed by atoms with E-state index in [0.29, 0.717) is 6.04 Å². The summed E-state index contributed by atoms with van der Waals surface area (Å²) < 4.78 is 5.69. The van der Waals surface area contributed by atoms with Gasteiger partial charge in [0.15, 0.2) is 0 Å². The minimum atomic E-state index is 0.121. The number of benzene rings is 1. The van der Waals surface area contributed by atoms with Crippen LogP contribution in [-0.4, -0.2) is 24.4 Å². The smallest absolute Gasteiger partial charge is 0.124 e. The highest BCUT2D eigenvalue weighted by molar-refractivity contribution is 5.36. The molecule has 1 heterocycles. The van der Waals surface area contributed by atoms with Gasteiger partial charge in [-0.15, -0.1) is 0 Å². The van der Waals surface area contributed by atoms with Gasteiger partial charge < -0.3 is 15.2 Å². The van der Waals surface area contributed by atoms with Gasteiger partial charge in [-0.1, -0.05) is 18.2 Å². The zero-order valence-corrected chi connectivity index (χ0v) is 9.65. The van der Waals surface area contributed by atoms with E-state index in [1.165, 1.54) is 5.56 Å². The average Bonchev–Trinajstić information content (AvgIpc) is 2.52. The van der Waals surface area contributed by atoms with Crippen LogP contribution >= 0.6 is 0 Å². The van der Waals surface area contributed by atoms with Crippen LogP contribution in [0.1, 0.15) is 31.4 Å². The van der Waals surface area contributed by atoms with E-state index < -0.39 is 0 Å². The Bertz CT molecular complexity index is 340. The fourth-order valence-electron chi connectivity index (χ4n) is 2.09. The number of nitrogens with one attached hydrogen (secondary N) is 1. The van der Waals surface area contributed by atoms with Crippen LogP contribution in [0.25, 0.3) is 0 Å². The molecule has 2 atom stereocenters. The van der Waals surface area contributed by atoms with Gasteiger partial charge in [-0.3, -0.25) is 0 Å². The molecule has 1 aliphatic rings. The molecular formula is C13H19NO2. The zero-order chi connectivity index (χ0) is 11.4. The van der Waals surface area contributed by atoms with Gasteiger partial charge in [0, 0.05) is 17.6 Å². The van der Waals surface area contributed by atoms with Crippen molar-refractivity contribution in [2.75, 3.05) is 13.2 Å². The highest BCUT2D eigenvalue weighted by Gasteiger charge is 2.20. The molecule has 0 saturated heterocycles. The van der Waals surface area contributed by atoms with Crippen molar-refractivity contribution in [1.29, 1.82) is 0 Å². The molecule has 0 spiro atoms. The molecule has 0 fully saturated rings. The second-order valence-electron chi connectivity index (χ2n) is 4.33. The predicted octanol–water partition coefficient (Wildman–Crippen LogP) is 1.87. The van der Waals surface area contributed by atoms with E-state index >= 15 is 0 Å². The van der Waals surface area contributed by atoms with Gasteiger partial charge in [-0.2, -0.15) is 0 Å². The topological polar surface area (TPSA) is 41.5 Å². The van der Waals surface area contributed by atoms with Crippen molar-refractivity contribution in [3.8, 4) is 5.75 Å². The van der Waals surface area contributed by atoms with Crippen molar-refractivity contribution >= 4 is 0 Å². The van der Waals surface area contributed by atoms with Crippen molar-refractivity contribution in [3.05, 3.63) is 29.8 Å². The number of ether oxygens (including phenoxy) is 1. The van der Waals surface area contributed by atoms with Crippen LogP contribution in [0.5, 0.6) is 5.75 Å². The van der Waals surface area contributed by atoms with Crippen LogP contribution in [0.2, 0.25) is 0 Å². The van der Waals surface area contributed by atoms with Gasteiger partial charge in [-0.25, -0.2) is 0 Å². The summed E-state index contributed by atoms with van der Waals surface area (Å²) in [4.78, 5) is 0. The van der Waals surface area contributed by atoms with Gasteiger partial charge in [0.1, 0.15) is 5.75 Å². The molecule has 1 aliphatic heterocycles. The summed E-state index contributed by atoms with van der Waals surface area (Å²) in [5, 5.41) is 12.5. The maximum atomic E-state index is 9.09. The molecule has 3 heteroatoms. The summed E-state index contributed by atoms with van der Waals surface area (Å²) in [6, 6.07) is 8.56. The largest absolute Gasteiger partial charge is 0.493 e. The molecule has 0 aromatic heterocycles. The van der Waals surface area contributed by atoms with E-state index in [1.54, 1.807) is 0 Å². The molecule has 2 rings (SSSR count). The zero-order valence-electron chi connectivity index (χ0n) is 9.65. The molecule has 88 valence electrons. The Morgan fingerprint density at radius 1 is 1.50 bits per heavy atom. The van der Waals surface area contributed by atoms with E-state index in [9.17, 15) is 0 Å². The summed E-state index contributed by atoms with van der Waals surface area (Å²) >= 11 is 0. The lowest BCUT2D eigenvalue weighted by Crippen LogP contribution is -2.33. The Labute approximate surface area is 96.4 Å². The Hall–Kier alpha value is -1.06. The quantitative estimate of drug-likeness (QED) is 0.818.